The van der Waals surface area contributed by atoms with E-state index in [1.807, 2.05) is 49.7 Å². The van der Waals surface area contributed by atoms with Gasteiger partial charge in [-0.15, -0.1) is 0 Å². The second kappa shape index (κ2) is 13.6. The average Bonchev–Trinajstić information content (AvgIpc) is 3.73. The van der Waals surface area contributed by atoms with Crippen molar-refractivity contribution in [3.63, 3.8) is 0 Å². The summed E-state index contributed by atoms with van der Waals surface area (Å²) in [6.07, 6.45) is 5.23. The van der Waals surface area contributed by atoms with Crippen LogP contribution >= 0.6 is 0 Å². The molecule has 2 aromatic heterocycles. The highest BCUT2D eigenvalue weighted by atomic mass is 19.1. The van der Waals surface area contributed by atoms with Crippen molar-refractivity contribution in [1.82, 2.24) is 24.6 Å². The Balaban J connectivity index is 1.14. The molecule has 3 aromatic rings. The number of hydrogen-bond donors (Lipinski definition) is 1. The van der Waals surface area contributed by atoms with Gasteiger partial charge in [0.05, 0.1) is 35.7 Å². The number of alkyl halides is 1. The normalized spacial score (nSPS) is 25.2. The van der Waals surface area contributed by atoms with Gasteiger partial charge in [0.25, 0.3) is 5.91 Å². The van der Waals surface area contributed by atoms with Crippen molar-refractivity contribution in [2.45, 2.75) is 115 Å². The van der Waals surface area contributed by atoms with E-state index in [0.717, 1.165) is 79.8 Å². The topological polar surface area (TPSA) is 114 Å². The van der Waals surface area contributed by atoms with Crippen LogP contribution in [0.3, 0.4) is 0 Å². The van der Waals surface area contributed by atoms with Crippen molar-refractivity contribution in [3.8, 4) is 5.88 Å². The molecule has 2 saturated heterocycles. The monoisotopic (exact) mass is 729 g/mol. The van der Waals surface area contributed by atoms with Crippen molar-refractivity contribution in [2.75, 3.05) is 50.6 Å². The van der Waals surface area contributed by atoms with Crippen LogP contribution in [-0.2, 0) is 47.6 Å². The smallest absolute Gasteiger partial charge is 0.412 e. The van der Waals surface area contributed by atoms with Crippen LogP contribution in [0.2, 0.25) is 0 Å². The number of aryl methyl sites for hydroxylation is 2. The number of benzene rings is 1. The lowest BCUT2D eigenvalue weighted by Gasteiger charge is -2.43. The first-order chi connectivity index (χ1) is 25.3. The summed E-state index contributed by atoms with van der Waals surface area (Å²) >= 11 is 0. The highest BCUT2D eigenvalue weighted by Crippen LogP contribution is 2.48. The summed E-state index contributed by atoms with van der Waals surface area (Å²) in [5.41, 5.74) is 5.77. The van der Waals surface area contributed by atoms with Crippen molar-refractivity contribution < 1.29 is 28.2 Å². The third-order valence-electron chi connectivity index (χ3n) is 11.6. The lowest BCUT2D eigenvalue weighted by atomic mass is 9.74. The van der Waals surface area contributed by atoms with Crippen LogP contribution in [0.5, 0.6) is 5.88 Å². The molecule has 0 saturated carbocycles. The van der Waals surface area contributed by atoms with Crippen LogP contribution in [0.25, 0.3) is 0 Å². The fourth-order valence-corrected chi connectivity index (χ4v) is 9.18. The molecule has 5 aliphatic rings. The molecule has 53 heavy (non-hydrogen) atoms. The molecule has 2 amide bonds. The van der Waals surface area contributed by atoms with Gasteiger partial charge in [0.1, 0.15) is 18.4 Å². The Labute approximate surface area is 310 Å². The maximum Gasteiger partial charge on any atom is 0.412 e. The van der Waals surface area contributed by atoms with E-state index in [-0.39, 0.29) is 11.4 Å². The molecule has 1 N–H and O–H groups in total. The quantitative estimate of drug-likeness (QED) is 0.327. The molecular formula is C40H52FN7O5. The molecule has 3 atom stereocenters. The molecule has 2 fully saturated rings. The van der Waals surface area contributed by atoms with Crippen LogP contribution in [0, 0.1) is 0 Å². The summed E-state index contributed by atoms with van der Waals surface area (Å²) in [6.45, 7) is 9.73. The Morgan fingerprint density at radius 1 is 1.09 bits per heavy atom. The zero-order chi connectivity index (χ0) is 37.1. The SMILES string of the molecule is CN(C)C(=O)c1cc2n(n1)CCCN(c1cc(OC[C@@]34CCCN3C[C@H](F)C4)nc3c1COC1(CCCc4ccc(NC(=O)OC(C)(C)C)cc41)C3)C2. The number of aromatic nitrogens is 3. The largest absolute Gasteiger partial charge is 0.476 e. The molecule has 6 heterocycles. The molecule has 1 unspecified atom stereocenters. The zero-order valence-electron chi connectivity index (χ0n) is 31.7. The van der Waals surface area contributed by atoms with Gasteiger partial charge in [0.2, 0.25) is 5.88 Å². The van der Waals surface area contributed by atoms with E-state index >= 15 is 0 Å². The van der Waals surface area contributed by atoms with E-state index < -0.39 is 23.5 Å². The van der Waals surface area contributed by atoms with Crippen molar-refractivity contribution in [2.24, 2.45) is 0 Å². The van der Waals surface area contributed by atoms with Gasteiger partial charge in [-0.1, -0.05) is 6.07 Å². The Kier molecular flexibility index (Phi) is 9.16. The first-order valence-electron chi connectivity index (χ1n) is 19.2. The summed E-state index contributed by atoms with van der Waals surface area (Å²) < 4.78 is 35.8. The van der Waals surface area contributed by atoms with E-state index in [1.165, 1.54) is 5.56 Å². The Hall–Kier alpha value is -4.23. The van der Waals surface area contributed by atoms with Crippen LogP contribution < -0.4 is 15.0 Å². The summed E-state index contributed by atoms with van der Waals surface area (Å²) in [6, 6.07) is 9.99. The number of rotatable bonds is 6. The third-order valence-corrected chi connectivity index (χ3v) is 11.6. The molecule has 4 aliphatic heterocycles. The van der Waals surface area contributed by atoms with Gasteiger partial charge < -0.3 is 24.0 Å². The van der Waals surface area contributed by atoms with E-state index in [4.69, 9.17) is 19.2 Å². The van der Waals surface area contributed by atoms with Crippen LogP contribution in [-0.4, -0.2) is 94.2 Å². The standard InChI is InChI=1S/C40H52FN7O5/c1-38(2,3)53-37(50)42-28-11-10-26-9-6-13-40(31(26)17-28)21-33-30(24-52-40)34(19-35(43-33)51-25-39-12-7-15-47(39)22-27(41)20-39)46-14-8-16-48-29(23-46)18-32(44-48)36(49)45(4)5/h10-11,17-19,27H,6-9,12-16,20-25H2,1-5H3,(H,42,50)/t27-,39+,40?/m1/s1. The Bertz CT molecular complexity index is 1910. The Morgan fingerprint density at radius 2 is 1.94 bits per heavy atom. The van der Waals surface area contributed by atoms with Gasteiger partial charge in [0.15, 0.2) is 5.69 Å². The summed E-state index contributed by atoms with van der Waals surface area (Å²) in [7, 11) is 3.48. The highest BCUT2D eigenvalue weighted by molar-refractivity contribution is 5.92. The van der Waals surface area contributed by atoms with E-state index in [2.05, 4.69) is 26.3 Å². The van der Waals surface area contributed by atoms with Crippen molar-refractivity contribution in [1.29, 1.82) is 0 Å². The van der Waals surface area contributed by atoms with Crippen LogP contribution in [0.15, 0.2) is 30.3 Å². The zero-order valence-corrected chi connectivity index (χ0v) is 31.7. The third kappa shape index (κ3) is 6.98. The molecule has 0 radical (unpaired) electrons. The minimum atomic E-state index is -0.838. The van der Waals surface area contributed by atoms with Gasteiger partial charge in [-0.05, 0) is 95.2 Å². The molecule has 1 aliphatic carbocycles. The molecule has 13 heteroatoms. The molecule has 12 nitrogen and oxygen atoms in total. The molecule has 8 rings (SSSR count). The second-order valence-corrected chi connectivity index (χ2v) is 16.8. The molecule has 1 spiro atoms. The minimum Gasteiger partial charge on any atom is -0.476 e. The number of amides is 2. The molecule has 1 aromatic carbocycles. The molecule has 284 valence electrons. The average molecular weight is 730 g/mol. The lowest BCUT2D eigenvalue weighted by molar-refractivity contribution is -0.0853. The predicted octanol–water partition coefficient (Wildman–Crippen LogP) is 6.00. The Morgan fingerprint density at radius 3 is 2.75 bits per heavy atom. The number of carbonyl (C=O) groups excluding carboxylic acids is 2. The van der Waals surface area contributed by atoms with Crippen molar-refractivity contribution >= 4 is 23.4 Å². The molecular weight excluding hydrogens is 677 g/mol. The van der Waals surface area contributed by atoms with E-state index in [1.54, 1.807) is 19.0 Å². The lowest BCUT2D eigenvalue weighted by Crippen LogP contribution is -2.43. The number of nitrogens with one attached hydrogen (secondary N) is 1. The van der Waals surface area contributed by atoms with Gasteiger partial charge in [-0.2, -0.15) is 5.10 Å². The fraction of sp³-hybridized carbons (Fsp3) is 0.600. The summed E-state index contributed by atoms with van der Waals surface area (Å²) in [4.78, 5) is 36.9. The first kappa shape index (κ1) is 35.8. The second-order valence-electron chi connectivity index (χ2n) is 16.8. The maximum absolute atomic E-state index is 14.7. The van der Waals surface area contributed by atoms with Gasteiger partial charge in [-0.25, -0.2) is 14.2 Å². The number of hydrogen-bond acceptors (Lipinski definition) is 9. The maximum atomic E-state index is 14.7. The van der Waals surface area contributed by atoms with E-state index in [9.17, 15) is 14.0 Å². The van der Waals surface area contributed by atoms with Gasteiger partial charge in [-0.3, -0.25) is 19.7 Å². The van der Waals surface area contributed by atoms with E-state index in [0.29, 0.717) is 63.0 Å². The van der Waals surface area contributed by atoms with Gasteiger partial charge in [0, 0.05) is 69.6 Å². The number of pyridine rings is 1. The van der Waals surface area contributed by atoms with Crippen LogP contribution in [0.4, 0.5) is 20.6 Å². The molecule has 0 bridgehead atoms. The highest BCUT2D eigenvalue weighted by Gasteiger charge is 2.49. The van der Waals surface area contributed by atoms with Crippen LogP contribution in [0.1, 0.15) is 97.9 Å². The number of halogens is 1. The number of carbonyl (C=O) groups is 2. The predicted molar refractivity (Wildman–Crippen MR) is 198 cm³/mol. The first-order valence-corrected chi connectivity index (χ1v) is 19.2. The fourth-order valence-electron chi connectivity index (χ4n) is 9.18. The summed E-state index contributed by atoms with van der Waals surface area (Å²) in [5.74, 6) is 0.421. The van der Waals surface area contributed by atoms with Gasteiger partial charge >= 0.3 is 6.09 Å². The minimum absolute atomic E-state index is 0.118. The number of nitrogens with zero attached hydrogens (tertiary/aromatic N) is 6. The number of ether oxygens (including phenoxy) is 3. The number of anilines is 2. The summed E-state index contributed by atoms with van der Waals surface area (Å²) in [5, 5.41) is 7.59. The van der Waals surface area contributed by atoms with Crippen molar-refractivity contribution in [3.05, 3.63) is 64.1 Å². The number of fused-ring (bicyclic) bond motifs is 5.